The summed E-state index contributed by atoms with van der Waals surface area (Å²) in [5, 5.41) is 2.07. The van der Waals surface area contributed by atoms with E-state index in [9.17, 15) is 14.4 Å². The molecule has 2 aliphatic heterocycles. The first-order valence-corrected chi connectivity index (χ1v) is 11.5. The number of hydrogen-bond acceptors (Lipinski definition) is 5. The molecule has 2 aliphatic rings. The molecule has 0 saturated carbocycles. The van der Waals surface area contributed by atoms with Gasteiger partial charge in [0.2, 0.25) is 0 Å². The molecule has 33 heavy (non-hydrogen) atoms. The molecule has 0 aromatic heterocycles. The SMILES string of the molecule is O=C(OCCN1C(=O)c2cccc3c(N4CCCCC4)ccc(c23)C1=O)c1cccc(Cl)c1. The third-order valence-corrected chi connectivity index (χ3v) is 6.51. The van der Waals surface area contributed by atoms with E-state index >= 15 is 0 Å². The number of rotatable bonds is 5. The molecule has 7 heteroatoms. The molecule has 3 aromatic rings. The summed E-state index contributed by atoms with van der Waals surface area (Å²) in [5.74, 6) is -1.29. The van der Waals surface area contributed by atoms with Crippen LogP contribution in [0.25, 0.3) is 10.8 Å². The summed E-state index contributed by atoms with van der Waals surface area (Å²) in [6, 6.07) is 15.8. The standard InChI is InChI=1S/C26H23ClN2O4/c27-18-7-4-6-17(16-18)26(32)33-15-14-29-24(30)20-9-5-8-19-22(28-12-2-1-3-13-28)11-10-21(23(19)20)25(29)31/h4-11,16H,1-3,12-15H2. The van der Waals surface area contributed by atoms with Gasteiger partial charge < -0.3 is 9.64 Å². The van der Waals surface area contributed by atoms with E-state index in [0.29, 0.717) is 27.1 Å². The maximum absolute atomic E-state index is 13.2. The highest BCUT2D eigenvalue weighted by Gasteiger charge is 2.33. The number of halogens is 1. The van der Waals surface area contributed by atoms with Gasteiger partial charge in [-0.3, -0.25) is 14.5 Å². The number of esters is 1. The lowest BCUT2D eigenvalue weighted by atomic mass is 9.92. The molecular weight excluding hydrogens is 440 g/mol. The smallest absolute Gasteiger partial charge is 0.338 e. The molecule has 2 heterocycles. The number of benzene rings is 3. The van der Waals surface area contributed by atoms with E-state index in [2.05, 4.69) is 4.90 Å². The highest BCUT2D eigenvalue weighted by molar-refractivity contribution is 6.31. The van der Waals surface area contributed by atoms with Gasteiger partial charge in [-0.2, -0.15) is 0 Å². The molecule has 2 amide bonds. The van der Waals surface area contributed by atoms with E-state index in [1.807, 2.05) is 24.3 Å². The second-order valence-electron chi connectivity index (χ2n) is 8.32. The second-order valence-corrected chi connectivity index (χ2v) is 8.75. The fourth-order valence-electron chi connectivity index (χ4n) is 4.67. The molecule has 0 bridgehead atoms. The van der Waals surface area contributed by atoms with Crippen molar-refractivity contribution in [2.75, 3.05) is 31.1 Å². The molecule has 3 aromatic carbocycles. The first-order valence-electron chi connectivity index (χ1n) is 11.1. The zero-order valence-corrected chi connectivity index (χ0v) is 18.8. The van der Waals surface area contributed by atoms with Crippen LogP contribution in [-0.2, 0) is 4.74 Å². The Balaban J connectivity index is 1.38. The van der Waals surface area contributed by atoms with Crippen LogP contribution in [0, 0.1) is 0 Å². The van der Waals surface area contributed by atoms with Crippen LogP contribution < -0.4 is 4.90 Å². The van der Waals surface area contributed by atoms with Crippen LogP contribution in [0.5, 0.6) is 0 Å². The fourth-order valence-corrected chi connectivity index (χ4v) is 4.86. The lowest BCUT2D eigenvalue weighted by molar-refractivity contribution is 0.0405. The molecule has 168 valence electrons. The molecule has 0 spiro atoms. The Morgan fingerprint density at radius 3 is 2.39 bits per heavy atom. The zero-order valence-electron chi connectivity index (χ0n) is 18.1. The Bertz CT molecular complexity index is 1240. The van der Waals surface area contributed by atoms with E-state index in [4.69, 9.17) is 16.3 Å². The van der Waals surface area contributed by atoms with Crippen LogP contribution >= 0.6 is 11.6 Å². The van der Waals surface area contributed by atoms with Crippen molar-refractivity contribution in [1.29, 1.82) is 0 Å². The predicted octanol–water partition coefficient (Wildman–Crippen LogP) is 4.94. The lowest BCUT2D eigenvalue weighted by Gasteiger charge is -2.32. The summed E-state index contributed by atoms with van der Waals surface area (Å²) in [5.41, 5.74) is 2.39. The molecule has 0 unspecified atom stereocenters. The summed E-state index contributed by atoms with van der Waals surface area (Å²) in [6.45, 7) is 1.84. The number of nitrogens with zero attached hydrogens (tertiary/aromatic N) is 2. The zero-order chi connectivity index (χ0) is 22.9. The number of amides is 2. The summed E-state index contributed by atoms with van der Waals surface area (Å²) in [7, 11) is 0. The van der Waals surface area contributed by atoms with Gasteiger partial charge in [-0.15, -0.1) is 0 Å². The summed E-state index contributed by atoms with van der Waals surface area (Å²) in [4.78, 5) is 42.2. The molecule has 1 fully saturated rings. The van der Waals surface area contributed by atoms with Crippen molar-refractivity contribution in [1.82, 2.24) is 4.90 Å². The largest absolute Gasteiger partial charge is 0.460 e. The average Bonchev–Trinajstić information content (AvgIpc) is 2.84. The Morgan fingerprint density at radius 2 is 1.64 bits per heavy atom. The maximum atomic E-state index is 13.2. The topological polar surface area (TPSA) is 66.9 Å². The number of imide groups is 1. The number of piperidine rings is 1. The van der Waals surface area contributed by atoms with Crippen molar-refractivity contribution in [3.8, 4) is 0 Å². The van der Waals surface area contributed by atoms with E-state index in [0.717, 1.165) is 41.9 Å². The third-order valence-electron chi connectivity index (χ3n) is 6.27. The Labute approximate surface area is 196 Å². The summed E-state index contributed by atoms with van der Waals surface area (Å²) in [6.07, 6.45) is 3.51. The van der Waals surface area contributed by atoms with Gasteiger partial charge in [0.25, 0.3) is 11.8 Å². The van der Waals surface area contributed by atoms with Crippen LogP contribution in [0.3, 0.4) is 0 Å². The van der Waals surface area contributed by atoms with Crippen molar-refractivity contribution in [3.63, 3.8) is 0 Å². The maximum Gasteiger partial charge on any atom is 0.338 e. The second kappa shape index (κ2) is 8.87. The van der Waals surface area contributed by atoms with Crippen molar-refractivity contribution in [2.24, 2.45) is 0 Å². The Morgan fingerprint density at radius 1 is 0.909 bits per heavy atom. The summed E-state index contributed by atoms with van der Waals surface area (Å²) >= 11 is 5.92. The quantitative estimate of drug-likeness (QED) is 0.397. The first-order chi connectivity index (χ1) is 16.0. The van der Waals surface area contributed by atoms with Gasteiger partial charge in [-0.25, -0.2) is 4.79 Å². The minimum atomic E-state index is -0.553. The number of carbonyl (C=O) groups is 3. The molecular formula is C26H23ClN2O4. The average molecular weight is 463 g/mol. The van der Waals surface area contributed by atoms with E-state index in [1.54, 1.807) is 24.3 Å². The predicted molar refractivity (Wildman–Crippen MR) is 127 cm³/mol. The van der Waals surface area contributed by atoms with Gasteiger partial charge in [-0.05, 0) is 55.7 Å². The molecule has 0 N–H and O–H groups in total. The minimum absolute atomic E-state index is 0.0202. The van der Waals surface area contributed by atoms with Crippen molar-refractivity contribution < 1.29 is 19.1 Å². The van der Waals surface area contributed by atoms with Crippen molar-refractivity contribution in [2.45, 2.75) is 19.3 Å². The van der Waals surface area contributed by atoms with Crippen molar-refractivity contribution in [3.05, 3.63) is 76.3 Å². The van der Waals surface area contributed by atoms with Gasteiger partial charge in [-0.1, -0.05) is 29.8 Å². The summed E-state index contributed by atoms with van der Waals surface area (Å²) < 4.78 is 5.29. The lowest BCUT2D eigenvalue weighted by Crippen LogP contribution is -2.42. The van der Waals surface area contributed by atoms with Crippen LogP contribution in [0.2, 0.25) is 5.02 Å². The Hall–Kier alpha value is -3.38. The first kappa shape index (κ1) is 21.5. The molecule has 6 nitrogen and oxygen atoms in total. The monoisotopic (exact) mass is 462 g/mol. The van der Waals surface area contributed by atoms with Gasteiger partial charge in [0.05, 0.1) is 12.1 Å². The molecule has 0 aliphatic carbocycles. The van der Waals surface area contributed by atoms with E-state index in [-0.39, 0.29) is 25.0 Å². The molecule has 0 atom stereocenters. The normalized spacial score (nSPS) is 15.8. The number of carbonyl (C=O) groups excluding carboxylic acids is 3. The van der Waals surface area contributed by atoms with Gasteiger partial charge in [0.1, 0.15) is 6.61 Å². The molecule has 5 rings (SSSR count). The Kier molecular flexibility index (Phi) is 5.77. The van der Waals surface area contributed by atoms with Crippen LogP contribution in [0.4, 0.5) is 5.69 Å². The van der Waals surface area contributed by atoms with Gasteiger partial charge in [0.15, 0.2) is 0 Å². The van der Waals surface area contributed by atoms with E-state index in [1.165, 1.54) is 12.5 Å². The molecule has 1 saturated heterocycles. The molecule has 0 radical (unpaired) electrons. The number of hydrogen-bond donors (Lipinski definition) is 0. The van der Waals surface area contributed by atoms with E-state index < -0.39 is 5.97 Å². The highest BCUT2D eigenvalue weighted by Crippen LogP contribution is 2.36. The van der Waals surface area contributed by atoms with Gasteiger partial charge >= 0.3 is 5.97 Å². The van der Waals surface area contributed by atoms with Crippen molar-refractivity contribution >= 4 is 45.8 Å². The number of ether oxygens (including phenoxy) is 1. The third kappa shape index (κ3) is 3.95. The number of anilines is 1. The highest BCUT2D eigenvalue weighted by atomic mass is 35.5. The van der Waals surface area contributed by atoms with Crippen LogP contribution in [0.1, 0.15) is 50.3 Å². The van der Waals surface area contributed by atoms with Crippen LogP contribution in [0.15, 0.2) is 54.6 Å². The van der Waals surface area contributed by atoms with Crippen LogP contribution in [-0.4, -0.2) is 48.9 Å². The fraction of sp³-hybridized carbons (Fsp3) is 0.269. The van der Waals surface area contributed by atoms with Gasteiger partial charge in [0, 0.05) is 45.7 Å². The minimum Gasteiger partial charge on any atom is -0.460 e.